The Morgan fingerprint density at radius 1 is 0.848 bits per heavy atom. The minimum absolute atomic E-state index is 0.0307. The number of aromatic hydroxyl groups is 2. The van der Waals surface area contributed by atoms with Crippen molar-refractivity contribution in [3.63, 3.8) is 0 Å². The predicted molar refractivity (Wildman–Crippen MR) is 135 cm³/mol. The third-order valence-electron chi connectivity index (χ3n) is 6.29. The molecule has 0 spiro atoms. The number of phenols is 2. The molecule has 0 amide bonds. The second-order valence-electron chi connectivity index (χ2n) is 10.0. The van der Waals surface area contributed by atoms with Crippen LogP contribution in [-0.2, 0) is 15.5 Å². The second kappa shape index (κ2) is 16.5. The zero-order valence-corrected chi connectivity index (χ0v) is 22.2. The molecule has 0 radical (unpaired) electrons. The fourth-order valence-electron chi connectivity index (χ4n) is 3.99. The van der Waals surface area contributed by atoms with Crippen molar-refractivity contribution in [3.8, 4) is 11.5 Å². The molecule has 0 bridgehead atoms. The van der Waals surface area contributed by atoms with Gasteiger partial charge in [0.15, 0.2) is 11.5 Å². The van der Waals surface area contributed by atoms with Crippen LogP contribution in [0.3, 0.4) is 0 Å². The Morgan fingerprint density at radius 3 is 2.06 bits per heavy atom. The van der Waals surface area contributed by atoms with E-state index in [9.17, 15) is 19.7 Å². The highest BCUT2D eigenvalue weighted by Crippen LogP contribution is 2.38. The number of benzene rings is 1. The molecular formula is C26H48NO5P. The van der Waals surface area contributed by atoms with Crippen LogP contribution in [0.2, 0.25) is 0 Å². The van der Waals surface area contributed by atoms with E-state index in [0.717, 1.165) is 16.6 Å². The molecule has 2 N–H and O–H groups in total. The van der Waals surface area contributed by atoms with Crippen LogP contribution in [0.5, 0.6) is 11.5 Å². The van der Waals surface area contributed by atoms with E-state index in [-0.39, 0.29) is 24.3 Å². The number of aryl methyl sites for hydroxylation is 1. The number of likely N-dealkylation sites (N-methyl/N-ethyl adjacent to an activating group) is 1. The Labute approximate surface area is 202 Å². The van der Waals surface area contributed by atoms with E-state index in [0.29, 0.717) is 25.8 Å². The molecule has 0 aromatic heterocycles. The molecular weight excluding hydrogens is 437 g/mol. The third-order valence-corrected chi connectivity index (χ3v) is 7.73. The average molecular weight is 486 g/mol. The summed E-state index contributed by atoms with van der Waals surface area (Å²) in [6, 6.07) is 4.69. The van der Waals surface area contributed by atoms with Gasteiger partial charge in [-0.05, 0) is 49.8 Å². The quantitative estimate of drug-likeness (QED) is 0.102. The molecule has 0 aliphatic heterocycles. The van der Waals surface area contributed by atoms with Crippen molar-refractivity contribution in [2.45, 2.75) is 90.4 Å². The summed E-state index contributed by atoms with van der Waals surface area (Å²) >= 11 is 0. The Bertz CT molecular complexity index is 695. The lowest BCUT2D eigenvalue weighted by Gasteiger charge is -2.31. The Kier molecular flexibility index (Phi) is 15.0. The topological polar surface area (TPSA) is 89.8 Å². The van der Waals surface area contributed by atoms with E-state index < -0.39 is 7.60 Å². The maximum Gasteiger partial charge on any atom is 0.157 e. The molecule has 0 aliphatic rings. The molecule has 1 unspecified atom stereocenters. The number of unbranched alkanes of at least 4 members (excludes halogenated alkanes) is 10. The van der Waals surface area contributed by atoms with Crippen LogP contribution in [0.25, 0.3) is 0 Å². The average Bonchev–Trinajstić information content (AvgIpc) is 2.74. The molecule has 0 heterocycles. The van der Waals surface area contributed by atoms with Crippen LogP contribution in [0.4, 0.5) is 0 Å². The minimum Gasteiger partial charge on any atom is -0.778 e. The van der Waals surface area contributed by atoms with E-state index in [1.807, 2.05) is 0 Å². The molecule has 6 nitrogen and oxygen atoms in total. The number of nitrogens with zero attached hydrogens (tertiary/aromatic N) is 1. The summed E-state index contributed by atoms with van der Waals surface area (Å²) in [5, 5.41) is 18.9. The SMILES string of the molecule is CCCCCCCCCCCC[N+](C)(C)CCOP(=O)([O-])CCCCc1ccc(O)c(O)c1. The highest BCUT2D eigenvalue weighted by atomic mass is 31.2. The van der Waals surface area contributed by atoms with Gasteiger partial charge in [0.25, 0.3) is 0 Å². The summed E-state index contributed by atoms with van der Waals surface area (Å²) in [5.74, 6) is -0.297. The van der Waals surface area contributed by atoms with E-state index in [1.54, 1.807) is 6.07 Å². The largest absolute Gasteiger partial charge is 0.778 e. The highest BCUT2D eigenvalue weighted by molar-refractivity contribution is 7.51. The first-order valence-electron chi connectivity index (χ1n) is 12.9. The number of hydrogen-bond donors (Lipinski definition) is 2. The van der Waals surface area contributed by atoms with Crippen molar-refractivity contribution in [3.05, 3.63) is 23.8 Å². The van der Waals surface area contributed by atoms with Gasteiger partial charge in [-0.15, -0.1) is 0 Å². The molecule has 0 saturated carbocycles. The minimum atomic E-state index is -3.82. The molecule has 1 aromatic carbocycles. The van der Waals surface area contributed by atoms with Crippen molar-refractivity contribution >= 4 is 7.60 Å². The normalized spacial score (nSPS) is 13.8. The maximum atomic E-state index is 12.2. The zero-order valence-electron chi connectivity index (χ0n) is 21.3. The lowest BCUT2D eigenvalue weighted by atomic mass is 10.1. The molecule has 0 aliphatic carbocycles. The van der Waals surface area contributed by atoms with Crippen LogP contribution in [-0.4, -0.2) is 54.6 Å². The summed E-state index contributed by atoms with van der Waals surface area (Å²) in [6.45, 7) is 4.22. The molecule has 0 saturated heterocycles. The first-order chi connectivity index (χ1) is 15.7. The summed E-state index contributed by atoms with van der Waals surface area (Å²) in [6.07, 6.45) is 15.1. The summed E-state index contributed by atoms with van der Waals surface area (Å²) < 4.78 is 18.2. The van der Waals surface area contributed by atoms with Crippen LogP contribution in [0.1, 0.15) is 89.5 Å². The molecule has 1 rings (SSSR count). The number of quaternary nitrogens is 1. The number of hydrogen-bond acceptors (Lipinski definition) is 5. The standard InChI is InChI=1S/C26H48NO5P/c1-4-5-6-7-8-9-10-11-12-14-19-27(2,3)20-21-32-33(30,31)22-15-13-16-24-17-18-25(28)26(29)23-24/h17-18,23H,4-16,19-22H2,1-3H3,(H2-,28,29,30,31). The fraction of sp³-hybridized carbons (Fsp3) is 0.769. The zero-order chi connectivity index (χ0) is 24.6. The monoisotopic (exact) mass is 485 g/mol. The first-order valence-corrected chi connectivity index (χ1v) is 14.7. The number of phenolic OH excluding ortho intramolecular Hbond substituents is 2. The van der Waals surface area contributed by atoms with E-state index >= 15 is 0 Å². The van der Waals surface area contributed by atoms with Crippen LogP contribution in [0, 0.1) is 0 Å². The van der Waals surface area contributed by atoms with Gasteiger partial charge in [-0.1, -0.05) is 64.4 Å². The molecule has 1 atom stereocenters. The molecule has 7 heteroatoms. The molecule has 1 aromatic rings. The van der Waals surface area contributed by atoms with Crippen molar-refractivity contribution in [2.75, 3.05) is 40.0 Å². The van der Waals surface area contributed by atoms with Gasteiger partial charge in [-0.3, -0.25) is 0 Å². The summed E-state index contributed by atoms with van der Waals surface area (Å²) in [5.41, 5.74) is 0.873. The van der Waals surface area contributed by atoms with Crippen molar-refractivity contribution in [2.24, 2.45) is 0 Å². The smallest absolute Gasteiger partial charge is 0.157 e. The van der Waals surface area contributed by atoms with Gasteiger partial charge in [0, 0.05) is 6.16 Å². The first kappa shape index (κ1) is 30.0. The van der Waals surface area contributed by atoms with Gasteiger partial charge in [0.05, 0.1) is 20.6 Å². The molecule has 192 valence electrons. The fourth-order valence-corrected chi connectivity index (χ4v) is 5.09. The maximum absolute atomic E-state index is 12.2. The van der Waals surface area contributed by atoms with E-state index in [2.05, 4.69) is 21.0 Å². The summed E-state index contributed by atoms with van der Waals surface area (Å²) in [7, 11) is 0.456. The van der Waals surface area contributed by atoms with Gasteiger partial charge in [-0.2, -0.15) is 0 Å². The summed E-state index contributed by atoms with van der Waals surface area (Å²) in [4.78, 5) is 12.2. The van der Waals surface area contributed by atoms with Crippen LogP contribution in [0.15, 0.2) is 18.2 Å². The molecule has 33 heavy (non-hydrogen) atoms. The Balaban J connectivity index is 2.08. The predicted octanol–water partition coefficient (Wildman–Crippen LogP) is 5.99. The van der Waals surface area contributed by atoms with Gasteiger partial charge in [-0.25, -0.2) is 0 Å². The van der Waals surface area contributed by atoms with Gasteiger partial charge < -0.3 is 28.7 Å². The van der Waals surface area contributed by atoms with Crippen LogP contribution < -0.4 is 4.89 Å². The van der Waals surface area contributed by atoms with Crippen molar-refractivity contribution < 1.29 is 28.7 Å². The second-order valence-corrected chi connectivity index (χ2v) is 11.9. The highest BCUT2D eigenvalue weighted by Gasteiger charge is 2.16. The number of rotatable bonds is 20. The third kappa shape index (κ3) is 15.5. The van der Waals surface area contributed by atoms with E-state index in [4.69, 9.17) is 4.52 Å². The Morgan fingerprint density at radius 2 is 1.45 bits per heavy atom. The molecule has 0 fully saturated rings. The van der Waals surface area contributed by atoms with Crippen molar-refractivity contribution in [1.82, 2.24) is 0 Å². The van der Waals surface area contributed by atoms with E-state index in [1.165, 1.54) is 76.3 Å². The van der Waals surface area contributed by atoms with Gasteiger partial charge in [0.2, 0.25) is 0 Å². The van der Waals surface area contributed by atoms with Crippen molar-refractivity contribution in [1.29, 1.82) is 0 Å². The lowest BCUT2D eigenvalue weighted by molar-refractivity contribution is -0.890. The van der Waals surface area contributed by atoms with Crippen LogP contribution >= 0.6 is 7.60 Å². The lowest BCUT2D eigenvalue weighted by Crippen LogP contribution is -2.43. The van der Waals surface area contributed by atoms with Gasteiger partial charge in [0.1, 0.15) is 20.7 Å². The van der Waals surface area contributed by atoms with Gasteiger partial charge >= 0.3 is 0 Å². The Hall–Kier alpha value is -1.07.